The van der Waals surface area contributed by atoms with Crippen LogP contribution in [0.4, 0.5) is 0 Å². The lowest BCUT2D eigenvalue weighted by atomic mass is 9.79. The molecule has 1 aliphatic rings. The number of hydrogen-bond donors (Lipinski definition) is 0. The summed E-state index contributed by atoms with van der Waals surface area (Å²) in [5.41, 5.74) is 1.15. The van der Waals surface area contributed by atoms with E-state index in [0.29, 0.717) is 6.61 Å². The SMILES string of the molecule is CCCCCC[C@H]1CC[C@H](C=CC#CC=Cc2ccc(OCC)cc2)CC1. The molecule has 0 amide bonds. The van der Waals surface area contributed by atoms with Crippen LogP contribution in [0.5, 0.6) is 5.75 Å². The van der Waals surface area contributed by atoms with Crippen LogP contribution >= 0.6 is 0 Å². The smallest absolute Gasteiger partial charge is 0.119 e. The summed E-state index contributed by atoms with van der Waals surface area (Å²) in [6.45, 7) is 4.99. The maximum Gasteiger partial charge on any atom is 0.119 e. The van der Waals surface area contributed by atoms with Crippen molar-refractivity contribution in [3.8, 4) is 17.6 Å². The highest BCUT2D eigenvalue weighted by Gasteiger charge is 2.18. The van der Waals surface area contributed by atoms with Crippen molar-refractivity contribution >= 4 is 6.08 Å². The molecule has 27 heavy (non-hydrogen) atoms. The third-order valence-corrected chi connectivity index (χ3v) is 5.44. The standard InChI is InChI=1S/C26H36O/c1-3-5-6-9-12-23-15-17-24(18-16-23)13-10-7-8-11-14-25-19-21-26(22-20-25)27-4-2/h10-11,13-14,19-24H,3-6,9,12,15-18H2,1-2H3/t23-,24-. The molecule has 1 heteroatoms. The molecule has 0 radical (unpaired) electrons. The van der Waals surface area contributed by atoms with Crippen molar-refractivity contribution in [2.45, 2.75) is 71.6 Å². The molecule has 2 rings (SSSR count). The van der Waals surface area contributed by atoms with Crippen LogP contribution in [0.1, 0.15) is 77.2 Å². The van der Waals surface area contributed by atoms with Crippen molar-refractivity contribution < 1.29 is 4.74 Å². The summed E-state index contributed by atoms with van der Waals surface area (Å²) in [6, 6.07) is 8.10. The van der Waals surface area contributed by atoms with Gasteiger partial charge in [0.25, 0.3) is 0 Å². The molecule has 0 saturated heterocycles. The third-order valence-electron chi connectivity index (χ3n) is 5.44. The monoisotopic (exact) mass is 364 g/mol. The van der Waals surface area contributed by atoms with E-state index in [2.05, 4.69) is 43.0 Å². The van der Waals surface area contributed by atoms with Crippen molar-refractivity contribution in [2.24, 2.45) is 11.8 Å². The number of benzene rings is 1. The van der Waals surface area contributed by atoms with Gasteiger partial charge in [0.15, 0.2) is 0 Å². The molecule has 0 spiro atoms. The van der Waals surface area contributed by atoms with E-state index in [0.717, 1.165) is 23.1 Å². The quantitative estimate of drug-likeness (QED) is 0.327. The molecule has 1 aliphatic carbocycles. The molecule has 0 heterocycles. The molecule has 0 N–H and O–H groups in total. The Morgan fingerprint density at radius 3 is 2.37 bits per heavy atom. The Morgan fingerprint density at radius 2 is 1.67 bits per heavy atom. The summed E-state index contributed by atoms with van der Waals surface area (Å²) < 4.78 is 5.45. The van der Waals surface area contributed by atoms with Crippen molar-refractivity contribution in [1.29, 1.82) is 0 Å². The Bertz CT molecular complexity index is 618. The fourth-order valence-electron chi connectivity index (χ4n) is 3.79. The number of rotatable bonds is 9. The van der Waals surface area contributed by atoms with Gasteiger partial charge in [0.2, 0.25) is 0 Å². The van der Waals surface area contributed by atoms with Crippen LogP contribution in [-0.2, 0) is 0 Å². The van der Waals surface area contributed by atoms with Crippen LogP contribution in [0, 0.1) is 23.7 Å². The number of allylic oxidation sites excluding steroid dienone is 3. The predicted octanol–water partition coefficient (Wildman–Crippen LogP) is 7.43. The van der Waals surface area contributed by atoms with Gasteiger partial charge in [-0.3, -0.25) is 0 Å². The fraction of sp³-hybridized carbons (Fsp3) is 0.538. The van der Waals surface area contributed by atoms with Gasteiger partial charge in [-0.1, -0.05) is 69.1 Å². The van der Waals surface area contributed by atoms with Crippen LogP contribution in [0.15, 0.2) is 42.5 Å². The van der Waals surface area contributed by atoms with Crippen LogP contribution < -0.4 is 4.74 Å². The zero-order valence-electron chi connectivity index (χ0n) is 17.3. The van der Waals surface area contributed by atoms with E-state index in [4.69, 9.17) is 4.74 Å². The molecule has 1 saturated carbocycles. The second kappa shape index (κ2) is 13.3. The molecule has 0 unspecified atom stereocenters. The molecule has 0 aromatic heterocycles. The zero-order chi connectivity index (χ0) is 19.2. The van der Waals surface area contributed by atoms with Gasteiger partial charge in [-0.15, -0.1) is 0 Å². The summed E-state index contributed by atoms with van der Waals surface area (Å²) in [7, 11) is 0. The van der Waals surface area contributed by atoms with E-state index in [1.165, 1.54) is 57.8 Å². The average molecular weight is 365 g/mol. The van der Waals surface area contributed by atoms with E-state index in [1.807, 2.05) is 31.2 Å². The van der Waals surface area contributed by atoms with E-state index in [9.17, 15) is 0 Å². The molecule has 1 fully saturated rings. The first kappa shape index (κ1) is 21.4. The first-order valence-corrected chi connectivity index (χ1v) is 10.9. The average Bonchev–Trinajstić information content (AvgIpc) is 2.70. The number of hydrogen-bond acceptors (Lipinski definition) is 1. The van der Waals surface area contributed by atoms with Gasteiger partial charge in [0, 0.05) is 0 Å². The topological polar surface area (TPSA) is 9.23 Å². The van der Waals surface area contributed by atoms with Crippen LogP contribution in [0.25, 0.3) is 6.08 Å². The van der Waals surface area contributed by atoms with E-state index in [-0.39, 0.29) is 0 Å². The minimum absolute atomic E-state index is 0.702. The highest BCUT2D eigenvalue weighted by atomic mass is 16.5. The van der Waals surface area contributed by atoms with Crippen LogP contribution in [0.3, 0.4) is 0 Å². The van der Waals surface area contributed by atoms with E-state index >= 15 is 0 Å². The van der Waals surface area contributed by atoms with Gasteiger partial charge in [0.1, 0.15) is 5.75 Å². The Balaban J connectivity index is 1.65. The molecule has 1 aromatic carbocycles. The molecular formula is C26H36O. The Labute approximate surface area is 166 Å². The minimum atomic E-state index is 0.702. The van der Waals surface area contributed by atoms with Crippen molar-refractivity contribution in [2.75, 3.05) is 6.61 Å². The Morgan fingerprint density at radius 1 is 0.926 bits per heavy atom. The summed E-state index contributed by atoms with van der Waals surface area (Å²) in [5.74, 6) is 8.90. The number of unbranched alkanes of at least 4 members (excludes halogenated alkanes) is 3. The molecule has 0 bridgehead atoms. The van der Waals surface area contributed by atoms with Crippen LogP contribution in [-0.4, -0.2) is 6.61 Å². The zero-order valence-corrected chi connectivity index (χ0v) is 17.3. The third kappa shape index (κ3) is 9.00. The van der Waals surface area contributed by atoms with E-state index in [1.54, 1.807) is 0 Å². The lowest BCUT2D eigenvalue weighted by Gasteiger charge is -2.26. The molecule has 0 atom stereocenters. The van der Waals surface area contributed by atoms with Crippen molar-refractivity contribution in [3.63, 3.8) is 0 Å². The van der Waals surface area contributed by atoms with Gasteiger partial charge in [-0.25, -0.2) is 0 Å². The second-order valence-corrected chi connectivity index (χ2v) is 7.61. The molecular weight excluding hydrogens is 328 g/mol. The highest BCUT2D eigenvalue weighted by Crippen LogP contribution is 2.32. The maximum absolute atomic E-state index is 5.45. The largest absolute Gasteiger partial charge is 0.494 e. The first-order valence-electron chi connectivity index (χ1n) is 10.9. The van der Waals surface area contributed by atoms with Crippen molar-refractivity contribution in [1.82, 2.24) is 0 Å². The first-order chi connectivity index (χ1) is 13.3. The van der Waals surface area contributed by atoms with Gasteiger partial charge in [0.05, 0.1) is 6.61 Å². The number of ether oxygens (including phenoxy) is 1. The minimum Gasteiger partial charge on any atom is -0.494 e. The highest BCUT2D eigenvalue weighted by molar-refractivity contribution is 5.54. The lowest BCUT2D eigenvalue weighted by Crippen LogP contribution is -2.12. The predicted molar refractivity (Wildman–Crippen MR) is 118 cm³/mol. The molecule has 1 aromatic rings. The second-order valence-electron chi connectivity index (χ2n) is 7.61. The fourth-order valence-corrected chi connectivity index (χ4v) is 3.79. The summed E-state index contributed by atoms with van der Waals surface area (Å²) in [4.78, 5) is 0. The van der Waals surface area contributed by atoms with Gasteiger partial charge in [-0.05, 0) is 80.4 Å². The van der Waals surface area contributed by atoms with Gasteiger partial charge >= 0.3 is 0 Å². The Kier molecular flexibility index (Phi) is 10.5. The summed E-state index contributed by atoms with van der Waals surface area (Å²) in [5, 5.41) is 0. The van der Waals surface area contributed by atoms with Gasteiger partial charge in [-0.2, -0.15) is 0 Å². The Hall–Kier alpha value is -1.94. The maximum atomic E-state index is 5.45. The van der Waals surface area contributed by atoms with Gasteiger partial charge < -0.3 is 4.74 Å². The normalized spacial score (nSPS) is 19.9. The van der Waals surface area contributed by atoms with Crippen LogP contribution in [0.2, 0.25) is 0 Å². The van der Waals surface area contributed by atoms with Crippen molar-refractivity contribution in [3.05, 3.63) is 48.1 Å². The molecule has 1 nitrogen and oxygen atoms in total. The lowest BCUT2D eigenvalue weighted by molar-refractivity contribution is 0.289. The van der Waals surface area contributed by atoms with E-state index < -0.39 is 0 Å². The molecule has 0 aliphatic heterocycles. The molecule has 146 valence electrons. The summed E-state index contributed by atoms with van der Waals surface area (Å²) in [6.07, 6.45) is 20.9. The summed E-state index contributed by atoms with van der Waals surface area (Å²) >= 11 is 0.